The summed E-state index contributed by atoms with van der Waals surface area (Å²) in [4.78, 5) is 23.0. The zero-order valence-electron chi connectivity index (χ0n) is 11.8. The lowest BCUT2D eigenvalue weighted by atomic mass is 10.1. The third-order valence-corrected chi connectivity index (χ3v) is 3.01. The molecule has 21 heavy (non-hydrogen) atoms. The summed E-state index contributed by atoms with van der Waals surface area (Å²) in [5, 5.41) is 18.3. The Labute approximate surface area is 121 Å². The van der Waals surface area contributed by atoms with Crippen LogP contribution in [-0.4, -0.2) is 26.9 Å². The van der Waals surface area contributed by atoms with Crippen LogP contribution < -0.4 is 10.6 Å². The van der Waals surface area contributed by atoms with E-state index in [2.05, 4.69) is 15.7 Å². The number of nitrogens with one attached hydrogen (secondary N) is 2. The molecule has 0 aliphatic heterocycles. The van der Waals surface area contributed by atoms with Gasteiger partial charge < -0.3 is 15.7 Å². The molecule has 0 aliphatic carbocycles. The fraction of sp³-hybridized carbons (Fsp3) is 0.214. The normalized spacial score (nSPS) is 10.2. The SMILES string of the molecule is Cc1ccc(NC(=O)NCc2ccnn2C)c(C(=O)O)c1. The Hall–Kier alpha value is -2.83. The largest absolute Gasteiger partial charge is 0.478 e. The molecule has 1 heterocycles. The minimum atomic E-state index is -1.08. The molecule has 2 rings (SSSR count). The monoisotopic (exact) mass is 288 g/mol. The van der Waals surface area contributed by atoms with Crippen LogP contribution in [0.15, 0.2) is 30.5 Å². The number of hydrogen-bond donors (Lipinski definition) is 3. The quantitative estimate of drug-likeness (QED) is 0.798. The number of benzene rings is 1. The van der Waals surface area contributed by atoms with Crippen LogP contribution in [0.4, 0.5) is 10.5 Å². The van der Waals surface area contributed by atoms with Crippen molar-refractivity contribution in [1.29, 1.82) is 0 Å². The van der Waals surface area contributed by atoms with Crippen LogP contribution in [0.5, 0.6) is 0 Å². The van der Waals surface area contributed by atoms with Gasteiger partial charge in [-0.3, -0.25) is 4.68 Å². The predicted molar refractivity (Wildman–Crippen MR) is 77.2 cm³/mol. The van der Waals surface area contributed by atoms with E-state index in [4.69, 9.17) is 5.11 Å². The Morgan fingerprint density at radius 2 is 2.10 bits per heavy atom. The maximum Gasteiger partial charge on any atom is 0.337 e. The number of carboxylic acids is 1. The third-order valence-electron chi connectivity index (χ3n) is 3.01. The van der Waals surface area contributed by atoms with Crippen molar-refractivity contribution in [2.24, 2.45) is 7.05 Å². The lowest BCUT2D eigenvalue weighted by Gasteiger charge is -2.10. The van der Waals surface area contributed by atoms with Gasteiger partial charge in [-0.25, -0.2) is 9.59 Å². The van der Waals surface area contributed by atoms with Gasteiger partial charge in [-0.15, -0.1) is 0 Å². The van der Waals surface area contributed by atoms with Gasteiger partial charge in [0.05, 0.1) is 23.5 Å². The van der Waals surface area contributed by atoms with E-state index in [0.29, 0.717) is 6.54 Å². The molecule has 0 spiro atoms. The molecule has 1 aromatic heterocycles. The number of hydrogen-bond acceptors (Lipinski definition) is 3. The number of amides is 2. The first-order chi connectivity index (χ1) is 9.97. The van der Waals surface area contributed by atoms with Gasteiger partial charge in [0.2, 0.25) is 0 Å². The van der Waals surface area contributed by atoms with Crippen LogP contribution in [0.3, 0.4) is 0 Å². The number of anilines is 1. The number of carbonyl (C=O) groups is 2. The van der Waals surface area contributed by atoms with E-state index in [1.54, 1.807) is 43.0 Å². The molecule has 0 aliphatic rings. The van der Waals surface area contributed by atoms with Gasteiger partial charge in [-0.1, -0.05) is 11.6 Å². The minimum Gasteiger partial charge on any atom is -0.478 e. The van der Waals surface area contributed by atoms with Crippen LogP contribution in [0.25, 0.3) is 0 Å². The van der Waals surface area contributed by atoms with Crippen molar-refractivity contribution < 1.29 is 14.7 Å². The van der Waals surface area contributed by atoms with Crippen molar-refractivity contribution in [2.75, 3.05) is 5.32 Å². The second-order valence-electron chi connectivity index (χ2n) is 4.61. The van der Waals surface area contributed by atoms with Crippen LogP contribution in [0.2, 0.25) is 0 Å². The van der Waals surface area contributed by atoms with Crippen LogP contribution >= 0.6 is 0 Å². The maximum absolute atomic E-state index is 11.8. The van der Waals surface area contributed by atoms with E-state index < -0.39 is 12.0 Å². The van der Waals surface area contributed by atoms with Gasteiger partial charge in [-0.2, -0.15) is 5.10 Å². The summed E-state index contributed by atoms with van der Waals surface area (Å²) in [5.74, 6) is -1.08. The second kappa shape index (κ2) is 6.08. The Bertz CT molecular complexity index is 679. The predicted octanol–water partition coefficient (Wildman–Crippen LogP) is 1.75. The number of aromatic carboxylic acids is 1. The van der Waals surface area contributed by atoms with Crippen LogP contribution in [0.1, 0.15) is 21.6 Å². The van der Waals surface area contributed by atoms with E-state index in [-0.39, 0.29) is 11.3 Å². The number of carbonyl (C=O) groups excluding carboxylic acids is 1. The fourth-order valence-electron chi connectivity index (χ4n) is 1.86. The number of aromatic nitrogens is 2. The molecular formula is C14H16N4O3. The molecule has 2 aromatic rings. The average Bonchev–Trinajstić information content (AvgIpc) is 2.84. The number of rotatable bonds is 4. The van der Waals surface area contributed by atoms with E-state index in [1.165, 1.54) is 6.07 Å². The molecule has 7 nitrogen and oxygen atoms in total. The molecule has 7 heteroatoms. The Morgan fingerprint density at radius 1 is 1.33 bits per heavy atom. The first-order valence-electron chi connectivity index (χ1n) is 6.33. The van der Waals surface area contributed by atoms with Gasteiger partial charge in [-0.05, 0) is 25.1 Å². The minimum absolute atomic E-state index is 0.0608. The maximum atomic E-state index is 11.8. The van der Waals surface area contributed by atoms with E-state index >= 15 is 0 Å². The molecule has 0 saturated carbocycles. The summed E-state index contributed by atoms with van der Waals surface area (Å²) in [6.07, 6.45) is 1.64. The van der Waals surface area contributed by atoms with Gasteiger partial charge in [0.25, 0.3) is 0 Å². The van der Waals surface area contributed by atoms with Crippen molar-refractivity contribution in [3.63, 3.8) is 0 Å². The standard InChI is InChI=1S/C14H16N4O3/c1-9-3-4-12(11(7-9)13(19)20)17-14(21)15-8-10-5-6-16-18(10)2/h3-7H,8H2,1-2H3,(H,19,20)(H2,15,17,21). The zero-order chi connectivity index (χ0) is 15.4. The number of carboxylic acid groups (broad SMARTS) is 1. The smallest absolute Gasteiger partial charge is 0.337 e. The first kappa shape index (κ1) is 14.6. The lowest BCUT2D eigenvalue weighted by molar-refractivity contribution is 0.0698. The summed E-state index contributed by atoms with van der Waals surface area (Å²) in [7, 11) is 1.78. The Balaban J connectivity index is 2.03. The molecular weight excluding hydrogens is 272 g/mol. The molecule has 0 atom stereocenters. The lowest BCUT2D eigenvalue weighted by Crippen LogP contribution is -2.29. The highest BCUT2D eigenvalue weighted by atomic mass is 16.4. The average molecular weight is 288 g/mol. The van der Waals surface area contributed by atoms with Gasteiger partial charge in [0, 0.05) is 13.2 Å². The van der Waals surface area contributed by atoms with Crippen LogP contribution in [0, 0.1) is 6.92 Å². The highest BCUT2D eigenvalue weighted by Gasteiger charge is 2.12. The summed E-state index contributed by atoms with van der Waals surface area (Å²) in [6.45, 7) is 2.09. The second-order valence-corrected chi connectivity index (χ2v) is 4.61. The van der Waals surface area contributed by atoms with E-state index in [9.17, 15) is 9.59 Å². The molecule has 0 saturated heterocycles. The summed E-state index contributed by atoms with van der Waals surface area (Å²) >= 11 is 0. The Kier molecular flexibility index (Phi) is 4.22. The van der Waals surface area contributed by atoms with Gasteiger partial charge in [0.1, 0.15) is 0 Å². The van der Waals surface area contributed by atoms with Gasteiger partial charge in [0.15, 0.2) is 0 Å². The van der Waals surface area contributed by atoms with Gasteiger partial charge >= 0.3 is 12.0 Å². The molecule has 110 valence electrons. The topological polar surface area (TPSA) is 96.3 Å². The third kappa shape index (κ3) is 3.59. The molecule has 0 radical (unpaired) electrons. The van der Waals surface area contributed by atoms with Crippen LogP contribution in [-0.2, 0) is 13.6 Å². The van der Waals surface area contributed by atoms with Crippen molar-refractivity contribution in [1.82, 2.24) is 15.1 Å². The fourth-order valence-corrected chi connectivity index (χ4v) is 1.86. The molecule has 3 N–H and O–H groups in total. The molecule has 2 amide bonds. The highest BCUT2D eigenvalue weighted by molar-refractivity contribution is 6.00. The molecule has 0 unspecified atom stereocenters. The Morgan fingerprint density at radius 3 is 2.71 bits per heavy atom. The number of nitrogens with zero attached hydrogens (tertiary/aromatic N) is 2. The number of urea groups is 1. The summed E-state index contributed by atoms with van der Waals surface area (Å²) in [6, 6.07) is 6.14. The van der Waals surface area contributed by atoms with E-state index in [1.807, 2.05) is 0 Å². The summed E-state index contributed by atoms with van der Waals surface area (Å²) < 4.78 is 1.65. The first-order valence-corrected chi connectivity index (χ1v) is 6.33. The molecule has 0 fully saturated rings. The van der Waals surface area contributed by atoms with Crippen molar-refractivity contribution in [3.05, 3.63) is 47.3 Å². The van der Waals surface area contributed by atoms with Crippen molar-refractivity contribution in [2.45, 2.75) is 13.5 Å². The highest BCUT2D eigenvalue weighted by Crippen LogP contribution is 2.17. The summed E-state index contributed by atoms with van der Waals surface area (Å²) in [5.41, 5.74) is 1.97. The van der Waals surface area contributed by atoms with E-state index in [0.717, 1.165) is 11.3 Å². The van der Waals surface area contributed by atoms with Crippen molar-refractivity contribution >= 4 is 17.7 Å². The van der Waals surface area contributed by atoms with Crippen molar-refractivity contribution in [3.8, 4) is 0 Å². The molecule has 1 aromatic carbocycles. The molecule has 0 bridgehead atoms. The number of aryl methyl sites for hydroxylation is 2. The zero-order valence-corrected chi connectivity index (χ0v) is 11.8.